The fourth-order valence-electron chi connectivity index (χ4n) is 2.68. The predicted molar refractivity (Wildman–Crippen MR) is 97.2 cm³/mol. The average Bonchev–Trinajstić information content (AvgIpc) is 2.46. The molecule has 0 aliphatic rings. The van der Waals surface area contributed by atoms with E-state index in [1.807, 2.05) is 12.4 Å². The van der Waals surface area contributed by atoms with Crippen LogP contribution in [0, 0.1) is 16.7 Å². The molecular formula is C17H28N4S. The van der Waals surface area contributed by atoms with E-state index in [2.05, 4.69) is 38.7 Å². The number of nitrogens with two attached hydrogens (primary N) is 1. The Morgan fingerprint density at radius 1 is 1.18 bits per heavy atom. The van der Waals surface area contributed by atoms with Gasteiger partial charge >= 0.3 is 0 Å². The second kappa shape index (κ2) is 8.93. The van der Waals surface area contributed by atoms with Gasteiger partial charge in [0.15, 0.2) is 5.17 Å². The first-order valence-corrected chi connectivity index (χ1v) is 8.67. The van der Waals surface area contributed by atoms with E-state index in [0.29, 0.717) is 23.0 Å². The molecule has 0 radical (unpaired) electrons. The molecule has 0 aliphatic heterocycles. The van der Waals surface area contributed by atoms with Crippen LogP contribution in [-0.4, -0.2) is 21.6 Å². The van der Waals surface area contributed by atoms with Gasteiger partial charge in [0.05, 0.1) is 0 Å². The van der Waals surface area contributed by atoms with Crippen molar-refractivity contribution in [2.75, 3.05) is 0 Å². The number of nitrogens with one attached hydrogen (secondary N) is 2. The van der Waals surface area contributed by atoms with Crippen LogP contribution in [0.25, 0.3) is 0 Å². The van der Waals surface area contributed by atoms with Crippen LogP contribution in [0.15, 0.2) is 18.5 Å². The minimum Gasteiger partial charge on any atom is -0.379 e. The van der Waals surface area contributed by atoms with E-state index in [9.17, 15) is 0 Å². The van der Waals surface area contributed by atoms with Crippen LogP contribution in [0.1, 0.15) is 63.5 Å². The second-order valence-electron chi connectivity index (χ2n) is 6.26. The molecule has 0 amide bonds. The molecule has 0 saturated heterocycles. The highest BCUT2D eigenvalue weighted by Crippen LogP contribution is 2.29. The van der Waals surface area contributed by atoms with Crippen molar-refractivity contribution in [2.24, 2.45) is 11.7 Å². The highest BCUT2D eigenvalue weighted by Gasteiger charge is 2.15. The van der Waals surface area contributed by atoms with E-state index in [0.717, 1.165) is 12.8 Å². The molecule has 1 aromatic heterocycles. The van der Waals surface area contributed by atoms with Crippen molar-refractivity contribution in [2.45, 2.75) is 57.6 Å². The van der Waals surface area contributed by atoms with Crippen molar-refractivity contribution in [1.82, 2.24) is 4.98 Å². The number of rotatable bonds is 8. The molecule has 1 aromatic rings. The molecule has 0 aliphatic carbocycles. The van der Waals surface area contributed by atoms with Gasteiger partial charge in [0.1, 0.15) is 0 Å². The van der Waals surface area contributed by atoms with E-state index in [-0.39, 0.29) is 5.17 Å². The zero-order chi connectivity index (χ0) is 16.7. The SMILES string of the molecule is CC(C=N)CC(C)c1cncc(C(C)CC(C)SC(=N)N)c1. The molecule has 1 rings (SSSR count). The first-order valence-electron chi connectivity index (χ1n) is 7.79. The predicted octanol–water partition coefficient (Wildman–Crippen LogP) is 4.37. The fraction of sp³-hybridized carbons (Fsp3) is 0.588. The van der Waals surface area contributed by atoms with Crippen molar-refractivity contribution in [3.05, 3.63) is 29.6 Å². The van der Waals surface area contributed by atoms with Crippen LogP contribution in [-0.2, 0) is 0 Å². The van der Waals surface area contributed by atoms with Crippen molar-refractivity contribution in [1.29, 1.82) is 10.8 Å². The maximum atomic E-state index is 7.36. The molecule has 4 N–H and O–H groups in total. The Kier molecular flexibility index (Phi) is 7.59. The molecule has 122 valence electrons. The minimum atomic E-state index is 0.181. The van der Waals surface area contributed by atoms with Crippen molar-refractivity contribution in [3.63, 3.8) is 0 Å². The third kappa shape index (κ3) is 6.18. The number of amidine groups is 1. The summed E-state index contributed by atoms with van der Waals surface area (Å²) in [6.07, 6.45) is 7.33. The molecule has 0 saturated carbocycles. The number of pyridine rings is 1. The molecule has 5 heteroatoms. The van der Waals surface area contributed by atoms with Gasteiger partial charge in [-0.05, 0) is 47.9 Å². The molecule has 4 unspecified atom stereocenters. The summed E-state index contributed by atoms with van der Waals surface area (Å²) >= 11 is 1.42. The van der Waals surface area contributed by atoms with Gasteiger partial charge in [-0.25, -0.2) is 0 Å². The lowest BCUT2D eigenvalue weighted by atomic mass is 9.89. The quantitative estimate of drug-likeness (QED) is 0.491. The summed E-state index contributed by atoms with van der Waals surface area (Å²) in [5.41, 5.74) is 7.93. The summed E-state index contributed by atoms with van der Waals surface area (Å²) in [5.74, 6) is 1.09. The Hall–Kier alpha value is -1.36. The van der Waals surface area contributed by atoms with Crippen molar-refractivity contribution < 1.29 is 0 Å². The van der Waals surface area contributed by atoms with Gasteiger partial charge in [-0.2, -0.15) is 0 Å². The lowest BCUT2D eigenvalue weighted by Crippen LogP contribution is -2.12. The van der Waals surface area contributed by atoms with Crippen LogP contribution in [0.3, 0.4) is 0 Å². The number of nitrogens with zero attached hydrogens (tertiary/aromatic N) is 1. The Bertz CT molecular complexity index is 503. The summed E-state index contributed by atoms with van der Waals surface area (Å²) in [5, 5.41) is 15.2. The molecule has 0 aromatic carbocycles. The Morgan fingerprint density at radius 3 is 2.23 bits per heavy atom. The van der Waals surface area contributed by atoms with Crippen molar-refractivity contribution in [3.8, 4) is 0 Å². The highest BCUT2D eigenvalue weighted by atomic mass is 32.2. The van der Waals surface area contributed by atoms with E-state index in [4.69, 9.17) is 16.6 Å². The van der Waals surface area contributed by atoms with Crippen molar-refractivity contribution >= 4 is 23.1 Å². The lowest BCUT2D eigenvalue weighted by molar-refractivity contribution is 0.593. The summed E-state index contributed by atoms with van der Waals surface area (Å²) in [7, 11) is 0. The summed E-state index contributed by atoms with van der Waals surface area (Å²) in [6.45, 7) is 8.57. The second-order valence-corrected chi connectivity index (χ2v) is 7.74. The molecular weight excluding hydrogens is 292 g/mol. The monoisotopic (exact) mass is 320 g/mol. The van der Waals surface area contributed by atoms with Crippen LogP contribution in [0.4, 0.5) is 0 Å². The first-order chi connectivity index (χ1) is 10.3. The maximum absolute atomic E-state index is 7.36. The van der Waals surface area contributed by atoms with Gasteiger partial charge in [-0.15, -0.1) is 0 Å². The Balaban J connectivity index is 2.73. The van der Waals surface area contributed by atoms with Gasteiger partial charge < -0.3 is 11.1 Å². The van der Waals surface area contributed by atoms with E-state index < -0.39 is 0 Å². The zero-order valence-electron chi connectivity index (χ0n) is 14.0. The highest BCUT2D eigenvalue weighted by molar-refractivity contribution is 8.14. The topological polar surface area (TPSA) is 86.6 Å². The first kappa shape index (κ1) is 18.7. The van der Waals surface area contributed by atoms with Gasteiger partial charge in [0.2, 0.25) is 0 Å². The number of thioether (sulfide) groups is 1. The molecule has 4 atom stereocenters. The molecule has 0 spiro atoms. The molecule has 1 heterocycles. The molecule has 0 bridgehead atoms. The minimum absolute atomic E-state index is 0.181. The van der Waals surface area contributed by atoms with Crippen LogP contribution >= 0.6 is 11.8 Å². The Labute approximate surface area is 138 Å². The van der Waals surface area contributed by atoms with Gasteiger partial charge in [0.25, 0.3) is 0 Å². The summed E-state index contributed by atoms with van der Waals surface area (Å²) in [6, 6.07) is 2.24. The van der Waals surface area contributed by atoms with E-state index in [1.165, 1.54) is 29.1 Å². The third-order valence-electron chi connectivity index (χ3n) is 3.94. The van der Waals surface area contributed by atoms with Gasteiger partial charge in [0, 0.05) is 17.6 Å². The lowest BCUT2D eigenvalue weighted by Gasteiger charge is -2.19. The molecule has 0 fully saturated rings. The van der Waals surface area contributed by atoms with Crippen LogP contribution in [0.2, 0.25) is 0 Å². The van der Waals surface area contributed by atoms with Crippen LogP contribution < -0.4 is 5.73 Å². The van der Waals surface area contributed by atoms with E-state index >= 15 is 0 Å². The zero-order valence-corrected chi connectivity index (χ0v) is 14.8. The summed E-state index contributed by atoms with van der Waals surface area (Å²) < 4.78 is 0. The van der Waals surface area contributed by atoms with Gasteiger partial charge in [-0.3, -0.25) is 10.4 Å². The number of hydrogen-bond acceptors (Lipinski definition) is 4. The fourth-order valence-corrected chi connectivity index (χ4v) is 3.49. The molecule has 4 nitrogen and oxygen atoms in total. The number of aromatic nitrogens is 1. The van der Waals surface area contributed by atoms with Gasteiger partial charge in [-0.1, -0.05) is 45.5 Å². The summed E-state index contributed by atoms with van der Waals surface area (Å²) in [4.78, 5) is 4.40. The smallest absolute Gasteiger partial charge is 0.151 e. The third-order valence-corrected chi connectivity index (χ3v) is 4.79. The Morgan fingerprint density at radius 2 is 1.73 bits per heavy atom. The van der Waals surface area contributed by atoms with Crippen LogP contribution in [0.5, 0.6) is 0 Å². The average molecular weight is 321 g/mol. The normalized spacial score (nSPS) is 16.5. The maximum Gasteiger partial charge on any atom is 0.151 e. The standard InChI is InChI=1S/C17H28N4S/c1-11(8-18)5-12(2)15-7-16(10-21-9-15)13(3)6-14(4)22-17(19)20/h7-14,18H,5-6H2,1-4H3,(H3,19,20). The largest absolute Gasteiger partial charge is 0.379 e. The number of hydrogen-bond donors (Lipinski definition) is 3. The van der Waals surface area contributed by atoms with E-state index in [1.54, 1.807) is 0 Å². The molecule has 22 heavy (non-hydrogen) atoms.